The smallest absolute Gasteiger partial charge is 0.253 e. The first-order valence-electron chi connectivity index (χ1n) is 9.37. The second kappa shape index (κ2) is 9.93. The molecular weight excluding hydrogens is 350 g/mol. The van der Waals surface area contributed by atoms with Gasteiger partial charge in [-0.3, -0.25) is 9.59 Å². The normalized spacial score (nSPS) is 15.5. The Kier molecular flexibility index (Phi) is 8.57. The third-order valence-electron chi connectivity index (χ3n) is 4.95. The number of carbonyl (C=O) groups is 2. The van der Waals surface area contributed by atoms with E-state index in [9.17, 15) is 9.59 Å². The van der Waals surface area contributed by atoms with Crippen LogP contribution in [0.1, 0.15) is 67.2 Å². The first kappa shape index (κ1) is 22.5. The molecule has 0 heterocycles. The van der Waals surface area contributed by atoms with Gasteiger partial charge >= 0.3 is 0 Å². The monoisotopic (exact) mass is 381 g/mol. The van der Waals surface area contributed by atoms with E-state index in [1.54, 1.807) is 24.3 Å². The summed E-state index contributed by atoms with van der Waals surface area (Å²) in [6.07, 6.45) is 4.05. The molecule has 0 bridgehead atoms. The van der Waals surface area contributed by atoms with Crippen molar-refractivity contribution in [3.8, 4) is 0 Å². The number of rotatable bonds is 9. The number of benzene rings is 1. The number of hydrogen-bond donors (Lipinski definition) is 2. The van der Waals surface area contributed by atoms with Crippen molar-refractivity contribution >= 4 is 24.2 Å². The van der Waals surface area contributed by atoms with Gasteiger partial charge in [0, 0.05) is 30.8 Å². The molecule has 1 atom stereocenters. The summed E-state index contributed by atoms with van der Waals surface area (Å²) in [5, 5.41) is 3.08. The zero-order valence-electron chi connectivity index (χ0n) is 16.1. The third-order valence-corrected chi connectivity index (χ3v) is 4.95. The van der Waals surface area contributed by atoms with Crippen LogP contribution >= 0.6 is 12.4 Å². The van der Waals surface area contributed by atoms with Gasteiger partial charge in [-0.2, -0.15) is 0 Å². The van der Waals surface area contributed by atoms with E-state index in [0.29, 0.717) is 23.6 Å². The van der Waals surface area contributed by atoms with E-state index >= 15 is 0 Å². The van der Waals surface area contributed by atoms with Gasteiger partial charge in [-0.15, -0.1) is 12.4 Å². The lowest BCUT2D eigenvalue weighted by Crippen LogP contribution is -2.53. The highest BCUT2D eigenvalue weighted by Gasteiger charge is 2.41. The van der Waals surface area contributed by atoms with E-state index in [2.05, 4.69) is 19.2 Å². The maximum Gasteiger partial charge on any atom is 0.253 e. The van der Waals surface area contributed by atoms with Gasteiger partial charge in [0.2, 0.25) is 0 Å². The van der Waals surface area contributed by atoms with Gasteiger partial charge in [-0.1, -0.05) is 19.9 Å². The first-order valence-corrected chi connectivity index (χ1v) is 9.37. The Morgan fingerprint density at radius 2 is 1.77 bits per heavy atom. The third kappa shape index (κ3) is 5.45. The maximum atomic E-state index is 12.7. The molecule has 1 unspecified atom stereocenters. The summed E-state index contributed by atoms with van der Waals surface area (Å²) in [5.41, 5.74) is 6.59. The lowest BCUT2D eigenvalue weighted by Gasteiger charge is -2.29. The number of hydrogen-bond acceptors (Lipinski definition) is 3. The van der Waals surface area contributed by atoms with Crippen LogP contribution in [-0.4, -0.2) is 41.9 Å². The molecular formula is C20H32ClN3O2. The molecule has 0 spiro atoms. The van der Waals surface area contributed by atoms with Crippen molar-refractivity contribution in [1.82, 2.24) is 10.2 Å². The Hall–Kier alpha value is -1.59. The molecule has 0 aliphatic heterocycles. The van der Waals surface area contributed by atoms with Crippen LogP contribution in [0.4, 0.5) is 0 Å². The van der Waals surface area contributed by atoms with Crippen molar-refractivity contribution < 1.29 is 9.59 Å². The van der Waals surface area contributed by atoms with Crippen molar-refractivity contribution in [1.29, 1.82) is 0 Å². The van der Waals surface area contributed by atoms with E-state index in [1.807, 2.05) is 11.8 Å². The zero-order chi connectivity index (χ0) is 18.4. The molecule has 0 radical (unpaired) electrons. The molecule has 3 N–H and O–H groups in total. The SMILES string of the molecule is CCCN(CCC)C(=O)c1cccc(C(=O)NC(C)(CN)C2CC2)c1.Cl. The van der Waals surface area contributed by atoms with Crippen LogP contribution in [0.2, 0.25) is 0 Å². The summed E-state index contributed by atoms with van der Waals surface area (Å²) < 4.78 is 0. The fourth-order valence-electron chi connectivity index (χ4n) is 3.20. The van der Waals surface area contributed by atoms with Crippen molar-refractivity contribution in [3.63, 3.8) is 0 Å². The van der Waals surface area contributed by atoms with Gasteiger partial charge in [0.1, 0.15) is 0 Å². The fourth-order valence-corrected chi connectivity index (χ4v) is 3.20. The van der Waals surface area contributed by atoms with E-state index in [4.69, 9.17) is 5.73 Å². The number of nitrogens with zero attached hydrogens (tertiary/aromatic N) is 1. The topological polar surface area (TPSA) is 75.4 Å². The largest absolute Gasteiger partial charge is 0.345 e. The minimum Gasteiger partial charge on any atom is -0.345 e. The van der Waals surface area contributed by atoms with Gasteiger partial charge in [0.25, 0.3) is 11.8 Å². The quantitative estimate of drug-likeness (QED) is 0.689. The van der Waals surface area contributed by atoms with Gasteiger partial charge < -0.3 is 16.0 Å². The molecule has 5 nitrogen and oxygen atoms in total. The summed E-state index contributed by atoms with van der Waals surface area (Å²) in [6.45, 7) is 8.01. The Morgan fingerprint density at radius 3 is 2.27 bits per heavy atom. The van der Waals surface area contributed by atoms with Crippen LogP contribution in [0.3, 0.4) is 0 Å². The van der Waals surface area contributed by atoms with Crippen LogP contribution in [0.25, 0.3) is 0 Å². The highest BCUT2D eigenvalue weighted by atomic mass is 35.5. The minimum absolute atomic E-state index is 0. The highest BCUT2D eigenvalue weighted by Crippen LogP contribution is 2.39. The van der Waals surface area contributed by atoms with Crippen LogP contribution in [0.15, 0.2) is 24.3 Å². The summed E-state index contributed by atoms with van der Waals surface area (Å²) in [7, 11) is 0. The van der Waals surface area contributed by atoms with Gasteiger partial charge in [-0.25, -0.2) is 0 Å². The molecule has 1 aromatic carbocycles. The van der Waals surface area contributed by atoms with Crippen LogP contribution in [0.5, 0.6) is 0 Å². The predicted octanol–water partition coefficient (Wildman–Crippen LogP) is 3.23. The first-order chi connectivity index (χ1) is 11.9. The Morgan fingerprint density at radius 1 is 1.19 bits per heavy atom. The Balaban J connectivity index is 0.00000338. The van der Waals surface area contributed by atoms with Gasteiger partial charge in [-0.05, 0) is 56.7 Å². The second-order valence-electron chi connectivity index (χ2n) is 7.22. The number of amides is 2. The summed E-state index contributed by atoms with van der Waals surface area (Å²) in [5.74, 6) is 0.282. The molecule has 1 fully saturated rings. The lowest BCUT2D eigenvalue weighted by molar-refractivity contribution is 0.0755. The zero-order valence-corrected chi connectivity index (χ0v) is 16.9. The van der Waals surface area contributed by atoms with E-state index in [0.717, 1.165) is 38.8 Å². The summed E-state index contributed by atoms with van der Waals surface area (Å²) in [6, 6.07) is 7.00. The number of carbonyl (C=O) groups excluding carboxylic acids is 2. The molecule has 1 aromatic rings. The molecule has 26 heavy (non-hydrogen) atoms. The fraction of sp³-hybridized carbons (Fsp3) is 0.600. The number of halogens is 1. The average molecular weight is 382 g/mol. The summed E-state index contributed by atoms with van der Waals surface area (Å²) >= 11 is 0. The predicted molar refractivity (Wildman–Crippen MR) is 108 cm³/mol. The maximum absolute atomic E-state index is 12.7. The van der Waals surface area contributed by atoms with E-state index in [-0.39, 0.29) is 29.8 Å². The van der Waals surface area contributed by atoms with Crippen molar-refractivity contribution in [2.45, 2.75) is 52.0 Å². The number of nitrogens with two attached hydrogens (primary N) is 1. The molecule has 1 aliphatic carbocycles. The average Bonchev–Trinajstić information content (AvgIpc) is 3.46. The van der Waals surface area contributed by atoms with Crippen molar-refractivity contribution in [2.75, 3.05) is 19.6 Å². The molecule has 0 saturated heterocycles. The van der Waals surface area contributed by atoms with Gasteiger partial charge in [0.05, 0.1) is 5.54 Å². The van der Waals surface area contributed by atoms with Crippen LogP contribution in [-0.2, 0) is 0 Å². The minimum atomic E-state index is -0.368. The Labute approximate surface area is 163 Å². The molecule has 2 rings (SSSR count). The standard InChI is InChI=1S/C20H31N3O2.ClH/c1-4-11-23(12-5-2)19(25)16-8-6-7-15(13-16)18(24)22-20(3,14-21)17-9-10-17;/h6-8,13,17H,4-5,9-12,14,21H2,1-3H3,(H,22,24);1H. The van der Waals surface area contributed by atoms with Crippen molar-refractivity contribution in [2.24, 2.45) is 11.7 Å². The molecule has 1 saturated carbocycles. The highest BCUT2D eigenvalue weighted by molar-refractivity contribution is 6.00. The molecule has 6 heteroatoms. The van der Waals surface area contributed by atoms with Crippen LogP contribution in [0, 0.1) is 5.92 Å². The van der Waals surface area contributed by atoms with E-state index < -0.39 is 0 Å². The number of nitrogens with one attached hydrogen (secondary N) is 1. The molecule has 146 valence electrons. The summed E-state index contributed by atoms with van der Waals surface area (Å²) in [4.78, 5) is 27.2. The second-order valence-corrected chi connectivity index (χ2v) is 7.22. The van der Waals surface area contributed by atoms with E-state index in [1.165, 1.54) is 0 Å². The molecule has 0 aromatic heterocycles. The lowest BCUT2D eigenvalue weighted by atomic mass is 9.95. The van der Waals surface area contributed by atoms with Crippen LogP contribution < -0.4 is 11.1 Å². The van der Waals surface area contributed by atoms with Crippen molar-refractivity contribution in [3.05, 3.63) is 35.4 Å². The molecule has 1 aliphatic rings. The van der Waals surface area contributed by atoms with Gasteiger partial charge in [0.15, 0.2) is 0 Å². The Bertz CT molecular complexity index is 613. The molecule has 2 amide bonds.